The molecule has 1 saturated heterocycles. The molecule has 8 nitrogen and oxygen atoms in total. The lowest BCUT2D eigenvalue weighted by Gasteiger charge is -2.32. The topological polar surface area (TPSA) is 97.4 Å². The summed E-state index contributed by atoms with van der Waals surface area (Å²) in [4.78, 5) is 38.1. The van der Waals surface area contributed by atoms with Crippen LogP contribution in [0.2, 0.25) is 5.82 Å². The molecule has 1 saturated carbocycles. The number of carbonyl (C=O) groups excluding carboxylic acids is 3. The van der Waals surface area contributed by atoms with Crippen LogP contribution >= 0.6 is 0 Å². The number of hydrogen-bond acceptors (Lipinski definition) is 8. The van der Waals surface area contributed by atoms with E-state index < -0.39 is 53.4 Å². The molecule has 184 valence electrons. The number of carbonyl (C=O) groups is 3. The van der Waals surface area contributed by atoms with E-state index in [1.807, 2.05) is 33.8 Å². The van der Waals surface area contributed by atoms with E-state index in [-0.39, 0.29) is 19.4 Å². The number of hydrogen-bond donors (Lipinski definition) is 0. The van der Waals surface area contributed by atoms with Gasteiger partial charge in [0, 0.05) is 5.82 Å². The maximum atomic E-state index is 12.7. The molecular formula is C25H33BO8. The quantitative estimate of drug-likeness (QED) is 0.195. The summed E-state index contributed by atoms with van der Waals surface area (Å²) in [5, 5.41) is 0. The highest BCUT2D eigenvalue weighted by Crippen LogP contribution is 2.53. The van der Waals surface area contributed by atoms with Crippen molar-refractivity contribution in [2.75, 3.05) is 20.8 Å². The zero-order valence-corrected chi connectivity index (χ0v) is 20.7. The van der Waals surface area contributed by atoms with E-state index in [4.69, 9.17) is 23.5 Å². The Kier molecular flexibility index (Phi) is 7.29. The number of rotatable bonds is 7. The predicted octanol–water partition coefficient (Wildman–Crippen LogP) is 3.60. The Morgan fingerprint density at radius 2 is 1.56 bits per heavy atom. The molecule has 0 spiro atoms. The number of esters is 3. The lowest BCUT2D eigenvalue weighted by Crippen LogP contribution is -2.41. The Hall–Kier alpha value is -2.65. The van der Waals surface area contributed by atoms with Crippen LogP contribution in [0.3, 0.4) is 0 Å². The van der Waals surface area contributed by atoms with E-state index in [0.717, 1.165) is 0 Å². The van der Waals surface area contributed by atoms with E-state index >= 15 is 0 Å². The van der Waals surface area contributed by atoms with Crippen molar-refractivity contribution in [1.29, 1.82) is 0 Å². The van der Waals surface area contributed by atoms with Gasteiger partial charge < -0.3 is 23.5 Å². The van der Waals surface area contributed by atoms with E-state index in [2.05, 4.69) is 6.58 Å². The van der Waals surface area contributed by atoms with Gasteiger partial charge in [0.25, 0.3) is 0 Å². The summed E-state index contributed by atoms with van der Waals surface area (Å²) in [6.07, 6.45) is 0.155. The Morgan fingerprint density at radius 1 is 1.03 bits per heavy atom. The molecule has 0 radical (unpaired) electrons. The van der Waals surface area contributed by atoms with E-state index in [1.54, 1.807) is 24.3 Å². The molecule has 3 rings (SSSR count). The third kappa shape index (κ3) is 4.64. The van der Waals surface area contributed by atoms with Crippen LogP contribution in [-0.4, -0.2) is 57.1 Å². The summed E-state index contributed by atoms with van der Waals surface area (Å²) in [5.74, 6) is -2.79. The summed E-state index contributed by atoms with van der Waals surface area (Å²) in [6, 6.07) is 8.65. The first kappa shape index (κ1) is 26.0. The van der Waals surface area contributed by atoms with E-state index in [9.17, 15) is 14.4 Å². The first-order valence-electron chi connectivity index (χ1n) is 11.3. The molecule has 1 heterocycles. The summed E-state index contributed by atoms with van der Waals surface area (Å²) in [5.41, 5.74) is -1.70. The average Bonchev–Trinajstić information content (AvgIpc) is 3.26. The number of benzene rings is 1. The fourth-order valence-electron chi connectivity index (χ4n) is 4.63. The molecule has 0 amide bonds. The molecule has 2 aliphatic rings. The van der Waals surface area contributed by atoms with Crippen LogP contribution in [-0.2, 0) is 33.1 Å². The van der Waals surface area contributed by atoms with Gasteiger partial charge in [-0.1, -0.05) is 30.4 Å². The maximum absolute atomic E-state index is 12.7. The Balaban J connectivity index is 1.92. The van der Waals surface area contributed by atoms with Crippen molar-refractivity contribution in [1.82, 2.24) is 0 Å². The Morgan fingerprint density at radius 3 is 2.06 bits per heavy atom. The highest BCUT2D eigenvalue weighted by molar-refractivity contribution is 6.47. The van der Waals surface area contributed by atoms with Gasteiger partial charge in [0.05, 0.1) is 37.6 Å². The van der Waals surface area contributed by atoms with Gasteiger partial charge in [0.1, 0.15) is 0 Å². The SMILES string of the molecule is C=C1CC(C(=O)OC)(C(=O)OC)C[C@@H]1[C@H](COC(=O)c1ccccc1)B1OC(C)(C)C(C)(C)O1. The number of allylic oxidation sites excluding steroid dienone is 1. The van der Waals surface area contributed by atoms with Crippen LogP contribution in [0.15, 0.2) is 42.5 Å². The van der Waals surface area contributed by atoms with Gasteiger partial charge >= 0.3 is 25.0 Å². The van der Waals surface area contributed by atoms with Crippen molar-refractivity contribution in [3.63, 3.8) is 0 Å². The summed E-state index contributed by atoms with van der Waals surface area (Å²) in [7, 11) is 1.72. The normalized spacial score (nSPS) is 23.3. The van der Waals surface area contributed by atoms with Crippen LogP contribution in [0.4, 0.5) is 0 Å². The minimum atomic E-state index is -1.52. The molecule has 0 aromatic heterocycles. The first-order valence-corrected chi connectivity index (χ1v) is 11.3. The fourth-order valence-corrected chi connectivity index (χ4v) is 4.63. The smallest absolute Gasteiger partial charge is 0.465 e. The predicted molar refractivity (Wildman–Crippen MR) is 125 cm³/mol. The highest BCUT2D eigenvalue weighted by Gasteiger charge is 2.61. The first-order chi connectivity index (χ1) is 15.9. The van der Waals surface area contributed by atoms with Crippen molar-refractivity contribution in [2.45, 2.75) is 57.6 Å². The standard InChI is InChI=1S/C25H33BO8/c1-16-13-25(21(28)30-6,22(29)31-7)14-18(16)19(26-33-23(2,3)24(4,5)34-26)15-32-20(27)17-11-9-8-10-12-17/h8-12,18-19H,1,13-15H2,2-7H3/t18-,19-/m0/s1. The second-order valence-corrected chi connectivity index (χ2v) is 9.96. The van der Waals surface area contributed by atoms with Crippen molar-refractivity contribution in [3.8, 4) is 0 Å². The Labute approximate surface area is 201 Å². The zero-order valence-electron chi connectivity index (χ0n) is 20.7. The van der Waals surface area contributed by atoms with Crippen LogP contribution in [0.25, 0.3) is 0 Å². The van der Waals surface area contributed by atoms with Gasteiger partial charge in [-0.05, 0) is 58.6 Å². The van der Waals surface area contributed by atoms with Gasteiger partial charge in [-0.25, -0.2) is 4.79 Å². The molecular weight excluding hydrogens is 439 g/mol. The minimum absolute atomic E-state index is 0.0489. The van der Waals surface area contributed by atoms with E-state index in [0.29, 0.717) is 11.1 Å². The molecule has 0 N–H and O–H groups in total. The molecule has 1 aliphatic heterocycles. The van der Waals surface area contributed by atoms with Crippen LogP contribution in [0.1, 0.15) is 50.9 Å². The molecule has 1 aromatic carbocycles. The average molecular weight is 472 g/mol. The number of methoxy groups -OCH3 is 2. The van der Waals surface area contributed by atoms with Crippen molar-refractivity contribution in [2.24, 2.45) is 11.3 Å². The van der Waals surface area contributed by atoms with Crippen molar-refractivity contribution >= 4 is 25.0 Å². The van der Waals surface area contributed by atoms with E-state index in [1.165, 1.54) is 14.2 Å². The van der Waals surface area contributed by atoms with Gasteiger partial charge in [-0.2, -0.15) is 0 Å². The third-order valence-corrected chi connectivity index (χ3v) is 7.33. The van der Waals surface area contributed by atoms with Crippen LogP contribution in [0.5, 0.6) is 0 Å². The maximum Gasteiger partial charge on any atom is 0.465 e. The molecule has 34 heavy (non-hydrogen) atoms. The zero-order chi connectivity index (χ0) is 25.3. The van der Waals surface area contributed by atoms with Gasteiger partial charge in [-0.3, -0.25) is 9.59 Å². The molecule has 1 aromatic rings. The largest absolute Gasteiger partial charge is 0.468 e. The van der Waals surface area contributed by atoms with Crippen LogP contribution in [0, 0.1) is 11.3 Å². The lowest BCUT2D eigenvalue weighted by atomic mass is 9.63. The summed E-state index contributed by atoms with van der Waals surface area (Å²) >= 11 is 0. The minimum Gasteiger partial charge on any atom is -0.468 e. The monoisotopic (exact) mass is 472 g/mol. The van der Waals surface area contributed by atoms with Gasteiger partial charge in [0.15, 0.2) is 5.41 Å². The van der Waals surface area contributed by atoms with Gasteiger partial charge in [0.2, 0.25) is 0 Å². The summed E-state index contributed by atoms with van der Waals surface area (Å²) < 4.78 is 28.1. The molecule has 2 atom stereocenters. The molecule has 0 bridgehead atoms. The number of ether oxygens (including phenoxy) is 3. The van der Waals surface area contributed by atoms with Crippen molar-refractivity contribution in [3.05, 3.63) is 48.0 Å². The molecule has 9 heteroatoms. The molecule has 1 aliphatic carbocycles. The van der Waals surface area contributed by atoms with Crippen LogP contribution < -0.4 is 0 Å². The van der Waals surface area contributed by atoms with Crippen molar-refractivity contribution < 1.29 is 37.9 Å². The Bertz CT molecular complexity index is 923. The van der Waals surface area contributed by atoms with Gasteiger partial charge in [-0.15, -0.1) is 0 Å². The second kappa shape index (κ2) is 9.54. The summed E-state index contributed by atoms with van der Waals surface area (Å²) in [6.45, 7) is 11.8. The third-order valence-electron chi connectivity index (χ3n) is 7.33. The molecule has 0 unspecified atom stereocenters. The second-order valence-electron chi connectivity index (χ2n) is 9.96. The molecule has 2 fully saturated rings. The lowest BCUT2D eigenvalue weighted by molar-refractivity contribution is -0.168. The fraction of sp³-hybridized carbons (Fsp3) is 0.560. The highest BCUT2D eigenvalue weighted by atomic mass is 16.7.